The Labute approximate surface area is 80.3 Å². The van der Waals surface area contributed by atoms with Crippen molar-refractivity contribution in [1.29, 1.82) is 0 Å². The zero-order chi connectivity index (χ0) is 10.3. The highest BCUT2D eigenvalue weighted by Gasteiger charge is 1.95. The van der Waals surface area contributed by atoms with E-state index in [0.29, 0.717) is 6.61 Å². The molecule has 0 unspecified atom stereocenters. The molecule has 0 N–H and O–H groups in total. The Morgan fingerprint density at radius 1 is 1.23 bits per heavy atom. The van der Waals surface area contributed by atoms with Crippen molar-refractivity contribution < 1.29 is 9.53 Å². The molecule has 0 aromatic carbocycles. The van der Waals surface area contributed by atoms with Crippen LogP contribution in [-0.4, -0.2) is 12.6 Å². The molecule has 2 nitrogen and oxygen atoms in total. The first-order chi connectivity index (χ1) is 6.11. The number of rotatable bonds is 4. The van der Waals surface area contributed by atoms with Crippen molar-refractivity contribution in [3.8, 4) is 0 Å². The highest BCUT2D eigenvalue weighted by atomic mass is 16.5. The van der Waals surface area contributed by atoms with Crippen LogP contribution in [0.4, 0.5) is 0 Å². The van der Waals surface area contributed by atoms with Gasteiger partial charge < -0.3 is 4.74 Å². The number of allylic oxidation sites excluding steroid dienone is 3. The first-order valence-electron chi connectivity index (χ1n) is 4.63. The molecule has 0 rings (SSSR count). The van der Waals surface area contributed by atoms with Gasteiger partial charge >= 0.3 is 5.97 Å². The second kappa shape index (κ2) is 6.46. The standard InChI is InChI=1S/C11H18O2/c1-5-10(9(3)4)7-8-11(12)13-6-2/h7-8H,5-6H2,1-4H3. The van der Waals surface area contributed by atoms with E-state index in [-0.39, 0.29) is 5.97 Å². The Hall–Kier alpha value is -1.05. The summed E-state index contributed by atoms with van der Waals surface area (Å²) in [6.45, 7) is 8.37. The Bertz CT molecular complexity index is 220. The van der Waals surface area contributed by atoms with E-state index in [1.54, 1.807) is 6.92 Å². The van der Waals surface area contributed by atoms with Crippen LogP contribution in [0.25, 0.3) is 0 Å². The number of ether oxygens (including phenoxy) is 1. The zero-order valence-corrected chi connectivity index (χ0v) is 8.89. The van der Waals surface area contributed by atoms with Crippen molar-refractivity contribution in [3.63, 3.8) is 0 Å². The van der Waals surface area contributed by atoms with Crippen molar-refractivity contribution in [2.45, 2.75) is 34.1 Å². The van der Waals surface area contributed by atoms with Gasteiger partial charge in [0.05, 0.1) is 6.61 Å². The molecule has 0 spiro atoms. The third-order valence-corrected chi connectivity index (χ3v) is 1.73. The summed E-state index contributed by atoms with van der Waals surface area (Å²) in [7, 11) is 0. The van der Waals surface area contributed by atoms with E-state index in [1.807, 2.05) is 19.9 Å². The summed E-state index contributed by atoms with van der Waals surface area (Å²) in [4.78, 5) is 11.0. The van der Waals surface area contributed by atoms with Gasteiger partial charge in [-0.2, -0.15) is 0 Å². The highest BCUT2D eigenvalue weighted by Crippen LogP contribution is 2.08. The van der Waals surface area contributed by atoms with Crippen LogP contribution in [0.2, 0.25) is 0 Å². The molecule has 0 bridgehead atoms. The summed E-state index contributed by atoms with van der Waals surface area (Å²) in [6.07, 6.45) is 4.25. The topological polar surface area (TPSA) is 26.3 Å². The molecule has 0 fully saturated rings. The molecule has 0 heterocycles. The van der Waals surface area contributed by atoms with E-state index in [9.17, 15) is 4.79 Å². The molecule has 2 heteroatoms. The van der Waals surface area contributed by atoms with E-state index in [4.69, 9.17) is 4.74 Å². The fourth-order valence-electron chi connectivity index (χ4n) is 0.997. The maximum Gasteiger partial charge on any atom is 0.330 e. The van der Waals surface area contributed by atoms with E-state index in [0.717, 1.165) is 6.42 Å². The van der Waals surface area contributed by atoms with Crippen LogP contribution in [-0.2, 0) is 9.53 Å². The molecule has 74 valence electrons. The van der Waals surface area contributed by atoms with Crippen LogP contribution < -0.4 is 0 Å². The molecule has 0 aliphatic heterocycles. The Balaban J connectivity index is 4.25. The minimum Gasteiger partial charge on any atom is -0.463 e. The molecule has 13 heavy (non-hydrogen) atoms. The Morgan fingerprint density at radius 3 is 2.23 bits per heavy atom. The number of carbonyl (C=O) groups excluding carboxylic acids is 1. The molecule has 0 aromatic heterocycles. The van der Waals surface area contributed by atoms with E-state index < -0.39 is 0 Å². The van der Waals surface area contributed by atoms with Gasteiger partial charge in [-0.25, -0.2) is 4.79 Å². The summed E-state index contributed by atoms with van der Waals surface area (Å²) in [5, 5.41) is 0. The number of esters is 1. The van der Waals surface area contributed by atoms with E-state index in [1.165, 1.54) is 17.2 Å². The largest absolute Gasteiger partial charge is 0.463 e. The maximum atomic E-state index is 11.0. The van der Waals surface area contributed by atoms with Crippen molar-refractivity contribution in [2.75, 3.05) is 6.61 Å². The Morgan fingerprint density at radius 2 is 1.85 bits per heavy atom. The number of carbonyl (C=O) groups is 1. The average Bonchev–Trinajstić information content (AvgIpc) is 2.05. The fourth-order valence-corrected chi connectivity index (χ4v) is 0.997. The van der Waals surface area contributed by atoms with Crippen molar-refractivity contribution >= 4 is 5.97 Å². The van der Waals surface area contributed by atoms with Gasteiger partial charge in [0, 0.05) is 6.08 Å². The molecule has 0 saturated carbocycles. The molecule has 0 atom stereocenters. The minimum atomic E-state index is -0.269. The molecular weight excluding hydrogens is 164 g/mol. The summed E-state index contributed by atoms with van der Waals surface area (Å²) in [5.41, 5.74) is 2.43. The second-order valence-corrected chi connectivity index (χ2v) is 2.96. The van der Waals surface area contributed by atoms with Gasteiger partial charge in [-0.1, -0.05) is 18.6 Å². The van der Waals surface area contributed by atoms with Gasteiger partial charge in [0.2, 0.25) is 0 Å². The first kappa shape index (κ1) is 11.9. The van der Waals surface area contributed by atoms with Crippen LogP contribution in [0.1, 0.15) is 34.1 Å². The van der Waals surface area contributed by atoms with Gasteiger partial charge in [0.25, 0.3) is 0 Å². The Kier molecular flexibility index (Phi) is 5.94. The molecule has 0 aliphatic carbocycles. The lowest BCUT2D eigenvalue weighted by Crippen LogP contribution is -1.99. The maximum absolute atomic E-state index is 11.0. The minimum absolute atomic E-state index is 0.269. The van der Waals surface area contributed by atoms with Crippen LogP contribution in [0.5, 0.6) is 0 Å². The predicted molar refractivity (Wildman–Crippen MR) is 54.4 cm³/mol. The van der Waals surface area contributed by atoms with Crippen molar-refractivity contribution in [3.05, 3.63) is 23.3 Å². The second-order valence-electron chi connectivity index (χ2n) is 2.96. The summed E-state index contributed by atoms with van der Waals surface area (Å²) in [6, 6.07) is 0. The van der Waals surface area contributed by atoms with Gasteiger partial charge in [-0.05, 0) is 32.8 Å². The van der Waals surface area contributed by atoms with E-state index >= 15 is 0 Å². The molecule has 0 aliphatic rings. The fraction of sp³-hybridized carbons (Fsp3) is 0.545. The van der Waals surface area contributed by atoms with Gasteiger partial charge in [-0.15, -0.1) is 0 Å². The summed E-state index contributed by atoms with van der Waals surface area (Å²) >= 11 is 0. The third kappa shape index (κ3) is 5.23. The number of hydrogen-bond acceptors (Lipinski definition) is 2. The van der Waals surface area contributed by atoms with E-state index in [2.05, 4.69) is 6.92 Å². The van der Waals surface area contributed by atoms with Crippen molar-refractivity contribution in [2.24, 2.45) is 0 Å². The summed E-state index contributed by atoms with van der Waals surface area (Å²) in [5.74, 6) is -0.269. The normalized spacial score (nSPS) is 10.2. The third-order valence-electron chi connectivity index (χ3n) is 1.73. The van der Waals surface area contributed by atoms with Crippen LogP contribution in [0, 0.1) is 0 Å². The lowest BCUT2D eigenvalue weighted by atomic mass is 10.1. The molecular formula is C11H18O2. The lowest BCUT2D eigenvalue weighted by molar-refractivity contribution is -0.137. The molecule has 0 radical (unpaired) electrons. The molecule has 0 aromatic rings. The average molecular weight is 182 g/mol. The molecule has 0 saturated heterocycles. The summed E-state index contributed by atoms with van der Waals surface area (Å²) < 4.78 is 4.77. The monoisotopic (exact) mass is 182 g/mol. The van der Waals surface area contributed by atoms with Gasteiger partial charge in [0.1, 0.15) is 0 Å². The first-order valence-corrected chi connectivity index (χ1v) is 4.63. The molecule has 0 amide bonds. The van der Waals surface area contributed by atoms with Crippen LogP contribution in [0.15, 0.2) is 23.3 Å². The van der Waals surface area contributed by atoms with Gasteiger partial charge in [-0.3, -0.25) is 0 Å². The van der Waals surface area contributed by atoms with Crippen LogP contribution in [0.3, 0.4) is 0 Å². The van der Waals surface area contributed by atoms with Crippen molar-refractivity contribution in [1.82, 2.24) is 0 Å². The number of hydrogen-bond donors (Lipinski definition) is 0. The van der Waals surface area contributed by atoms with Crippen LogP contribution >= 0.6 is 0 Å². The van der Waals surface area contributed by atoms with Gasteiger partial charge in [0.15, 0.2) is 0 Å². The zero-order valence-electron chi connectivity index (χ0n) is 8.89. The highest BCUT2D eigenvalue weighted by molar-refractivity contribution is 5.82. The predicted octanol–water partition coefficient (Wildman–Crippen LogP) is 2.85. The lowest BCUT2D eigenvalue weighted by Gasteiger charge is -2.00. The smallest absolute Gasteiger partial charge is 0.330 e. The SMILES string of the molecule is CCOC(=O)C=CC(CC)=C(C)C. The quantitative estimate of drug-likeness (QED) is 0.379.